The number of H-pyrrole nitrogens is 1. The Labute approximate surface area is 101 Å². The molecule has 0 amide bonds. The van der Waals surface area contributed by atoms with Gasteiger partial charge in [-0.25, -0.2) is 13.1 Å². The van der Waals surface area contributed by atoms with Crippen molar-refractivity contribution in [3.63, 3.8) is 0 Å². The summed E-state index contributed by atoms with van der Waals surface area (Å²) in [4.78, 5) is 0.176. The molecule has 0 bridgehead atoms. The van der Waals surface area contributed by atoms with Crippen LogP contribution in [0.3, 0.4) is 0 Å². The van der Waals surface area contributed by atoms with Gasteiger partial charge < -0.3 is 0 Å². The van der Waals surface area contributed by atoms with E-state index in [0.717, 1.165) is 0 Å². The summed E-state index contributed by atoms with van der Waals surface area (Å²) in [7, 11) is -3.53. The van der Waals surface area contributed by atoms with E-state index in [9.17, 15) is 8.42 Å². The second-order valence-corrected chi connectivity index (χ2v) is 6.32. The zero-order valence-corrected chi connectivity index (χ0v) is 11.1. The van der Waals surface area contributed by atoms with Crippen LogP contribution in [0.5, 0.6) is 0 Å². The molecule has 0 aromatic carbocycles. The van der Waals surface area contributed by atoms with Crippen molar-refractivity contribution in [3.8, 4) is 0 Å². The van der Waals surface area contributed by atoms with Crippen LogP contribution in [0.2, 0.25) is 0 Å². The molecule has 2 N–H and O–H groups in total. The summed E-state index contributed by atoms with van der Waals surface area (Å²) >= 11 is 5.62. The van der Waals surface area contributed by atoms with Crippen molar-refractivity contribution in [2.75, 3.05) is 5.88 Å². The molecule has 1 rings (SSSR count). The van der Waals surface area contributed by atoms with Crippen molar-refractivity contribution < 1.29 is 8.42 Å². The molecule has 0 fully saturated rings. The second-order valence-electron chi connectivity index (χ2n) is 4.29. The summed E-state index contributed by atoms with van der Waals surface area (Å²) in [5.41, 5.74) is -0.0428. The molecule has 0 aliphatic heterocycles. The Bertz CT molecular complexity index is 453. The number of aromatic amines is 1. The highest BCUT2D eigenvalue weighted by Crippen LogP contribution is 2.17. The van der Waals surface area contributed by atoms with E-state index in [1.807, 2.05) is 0 Å². The maximum absolute atomic E-state index is 12.0. The molecule has 0 unspecified atom stereocenters. The largest absolute Gasteiger partial charge is 0.281 e. The number of rotatable bonds is 5. The first-order valence-electron chi connectivity index (χ1n) is 4.88. The Morgan fingerprint density at radius 2 is 2.19 bits per heavy atom. The number of aromatic nitrogens is 2. The molecule has 1 heterocycles. The highest BCUT2D eigenvalue weighted by atomic mass is 35.5. The van der Waals surface area contributed by atoms with E-state index in [0.29, 0.717) is 18.0 Å². The molecule has 16 heavy (non-hydrogen) atoms. The molecular weight excluding hydrogens is 250 g/mol. The van der Waals surface area contributed by atoms with Gasteiger partial charge in [0.2, 0.25) is 10.0 Å². The van der Waals surface area contributed by atoms with Gasteiger partial charge in [-0.1, -0.05) is 0 Å². The number of aryl methyl sites for hydroxylation is 1. The number of halogens is 1. The third kappa shape index (κ3) is 3.20. The SMILES string of the molecule is Cc1[nH]ncc1S(=O)(=O)NC(C)(C)CCCl. The van der Waals surface area contributed by atoms with Gasteiger partial charge in [-0.05, 0) is 27.2 Å². The second kappa shape index (κ2) is 4.73. The van der Waals surface area contributed by atoms with Gasteiger partial charge in [0.05, 0.1) is 11.9 Å². The first-order valence-corrected chi connectivity index (χ1v) is 6.90. The minimum atomic E-state index is -3.53. The molecule has 7 heteroatoms. The topological polar surface area (TPSA) is 74.8 Å². The molecule has 0 aliphatic carbocycles. The van der Waals surface area contributed by atoms with Crippen LogP contribution in [0, 0.1) is 6.92 Å². The van der Waals surface area contributed by atoms with Crippen LogP contribution in [-0.2, 0) is 10.0 Å². The van der Waals surface area contributed by atoms with Gasteiger partial charge >= 0.3 is 0 Å². The molecule has 0 saturated carbocycles. The first-order chi connectivity index (χ1) is 7.28. The van der Waals surface area contributed by atoms with Crippen molar-refractivity contribution in [3.05, 3.63) is 11.9 Å². The summed E-state index contributed by atoms with van der Waals surface area (Å²) < 4.78 is 26.6. The van der Waals surface area contributed by atoms with Gasteiger partial charge in [-0.3, -0.25) is 5.10 Å². The zero-order valence-electron chi connectivity index (χ0n) is 9.54. The van der Waals surface area contributed by atoms with E-state index < -0.39 is 15.6 Å². The number of nitrogens with zero attached hydrogens (tertiary/aromatic N) is 1. The number of alkyl halides is 1. The van der Waals surface area contributed by atoms with E-state index in [4.69, 9.17) is 11.6 Å². The summed E-state index contributed by atoms with van der Waals surface area (Å²) in [5.74, 6) is 0.403. The number of nitrogens with one attached hydrogen (secondary N) is 2. The molecular formula is C9H16ClN3O2S. The van der Waals surface area contributed by atoms with Crippen molar-refractivity contribution in [1.29, 1.82) is 0 Å². The third-order valence-electron chi connectivity index (χ3n) is 2.20. The minimum Gasteiger partial charge on any atom is -0.281 e. The molecule has 1 aromatic rings. The van der Waals surface area contributed by atoms with Gasteiger partial charge in [-0.2, -0.15) is 5.10 Å². The van der Waals surface area contributed by atoms with Crippen LogP contribution in [0.25, 0.3) is 0 Å². The Hall–Kier alpha value is -0.590. The predicted octanol–water partition coefficient (Wildman–Crippen LogP) is 1.40. The van der Waals surface area contributed by atoms with Crippen LogP contribution in [0.1, 0.15) is 26.0 Å². The van der Waals surface area contributed by atoms with E-state index in [-0.39, 0.29) is 4.90 Å². The van der Waals surface area contributed by atoms with Crippen LogP contribution in [0.15, 0.2) is 11.1 Å². The maximum atomic E-state index is 12.0. The van der Waals surface area contributed by atoms with Crippen LogP contribution >= 0.6 is 11.6 Å². The number of hydrogen-bond donors (Lipinski definition) is 2. The smallest absolute Gasteiger partial charge is 0.244 e. The lowest BCUT2D eigenvalue weighted by Gasteiger charge is -2.24. The summed E-state index contributed by atoms with van der Waals surface area (Å²) in [6, 6.07) is 0. The standard InChI is InChI=1S/C9H16ClN3O2S/c1-7-8(6-11-12-7)16(14,15)13-9(2,3)4-5-10/h6,13H,4-5H2,1-3H3,(H,11,12). The third-order valence-corrected chi connectivity index (χ3v) is 4.20. The molecule has 92 valence electrons. The van der Waals surface area contributed by atoms with Crippen molar-refractivity contribution in [1.82, 2.24) is 14.9 Å². The summed E-state index contributed by atoms with van der Waals surface area (Å²) in [6.07, 6.45) is 1.86. The molecule has 0 atom stereocenters. The van der Waals surface area contributed by atoms with Crippen LogP contribution in [0.4, 0.5) is 0 Å². The van der Waals surface area contributed by atoms with Crippen LogP contribution < -0.4 is 4.72 Å². The minimum absolute atomic E-state index is 0.176. The normalized spacial score (nSPS) is 13.0. The predicted molar refractivity (Wildman–Crippen MR) is 63.1 cm³/mol. The fourth-order valence-electron chi connectivity index (χ4n) is 1.32. The fourth-order valence-corrected chi connectivity index (χ4v) is 3.37. The molecule has 1 aromatic heterocycles. The monoisotopic (exact) mass is 265 g/mol. The Kier molecular flexibility index (Phi) is 3.98. The maximum Gasteiger partial charge on any atom is 0.244 e. The average Bonchev–Trinajstić information content (AvgIpc) is 2.49. The lowest BCUT2D eigenvalue weighted by molar-refractivity contribution is 0.441. The van der Waals surface area contributed by atoms with Crippen molar-refractivity contribution in [2.24, 2.45) is 0 Å². The van der Waals surface area contributed by atoms with Gasteiger partial charge in [0.15, 0.2) is 0 Å². The van der Waals surface area contributed by atoms with Gasteiger partial charge in [0, 0.05) is 11.4 Å². The fraction of sp³-hybridized carbons (Fsp3) is 0.667. The van der Waals surface area contributed by atoms with Crippen LogP contribution in [-0.4, -0.2) is 30.0 Å². The number of hydrogen-bond acceptors (Lipinski definition) is 3. The van der Waals surface area contributed by atoms with Gasteiger partial charge in [0.1, 0.15) is 4.90 Å². The van der Waals surface area contributed by atoms with Gasteiger partial charge in [0.25, 0.3) is 0 Å². The van der Waals surface area contributed by atoms with E-state index in [2.05, 4.69) is 14.9 Å². The van der Waals surface area contributed by atoms with E-state index in [1.165, 1.54) is 6.20 Å². The Morgan fingerprint density at radius 3 is 2.62 bits per heavy atom. The van der Waals surface area contributed by atoms with Crippen molar-refractivity contribution in [2.45, 2.75) is 37.6 Å². The highest BCUT2D eigenvalue weighted by molar-refractivity contribution is 7.89. The molecule has 0 radical (unpaired) electrons. The molecule has 0 spiro atoms. The number of sulfonamides is 1. The van der Waals surface area contributed by atoms with Gasteiger partial charge in [-0.15, -0.1) is 11.6 Å². The lowest BCUT2D eigenvalue weighted by atomic mass is 10.0. The van der Waals surface area contributed by atoms with Crippen molar-refractivity contribution >= 4 is 21.6 Å². The lowest BCUT2D eigenvalue weighted by Crippen LogP contribution is -2.43. The first kappa shape index (κ1) is 13.5. The molecule has 0 aliphatic rings. The molecule has 0 saturated heterocycles. The zero-order chi connectivity index (χ0) is 12.4. The molecule has 5 nitrogen and oxygen atoms in total. The Morgan fingerprint density at radius 1 is 1.56 bits per heavy atom. The Balaban J connectivity index is 2.93. The summed E-state index contributed by atoms with van der Waals surface area (Å²) in [5, 5.41) is 6.29. The highest BCUT2D eigenvalue weighted by Gasteiger charge is 2.27. The summed E-state index contributed by atoms with van der Waals surface area (Å²) in [6.45, 7) is 5.25. The average molecular weight is 266 g/mol. The van der Waals surface area contributed by atoms with E-state index >= 15 is 0 Å². The van der Waals surface area contributed by atoms with E-state index in [1.54, 1.807) is 20.8 Å². The quantitative estimate of drug-likeness (QED) is 0.791.